The monoisotopic (exact) mass is 499 g/mol. The van der Waals surface area contributed by atoms with E-state index in [1.807, 2.05) is 56.3 Å². The summed E-state index contributed by atoms with van der Waals surface area (Å²) in [7, 11) is -1.70. The molecular formula is C26H38BN3O6. The zero-order valence-corrected chi connectivity index (χ0v) is 21.7. The average molecular weight is 499 g/mol. The Bertz CT molecular complexity index is 1040. The summed E-state index contributed by atoms with van der Waals surface area (Å²) in [5.74, 6) is -1.59. The first-order chi connectivity index (χ1) is 16.8. The second-order valence-corrected chi connectivity index (χ2v) is 10.4. The van der Waals surface area contributed by atoms with Gasteiger partial charge in [-0.1, -0.05) is 50.2 Å². The lowest BCUT2D eigenvalue weighted by molar-refractivity contribution is -0.124. The van der Waals surface area contributed by atoms with Crippen molar-refractivity contribution in [3.63, 3.8) is 0 Å². The van der Waals surface area contributed by atoms with Gasteiger partial charge in [-0.2, -0.15) is 0 Å². The molecular weight excluding hydrogens is 461 g/mol. The molecule has 0 aliphatic rings. The topological polar surface area (TPSA) is 137 Å². The molecule has 0 radical (unpaired) electrons. The van der Waals surface area contributed by atoms with Crippen molar-refractivity contribution in [2.75, 3.05) is 0 Å². The maximum atomic E-state index is 13.0. The number of benzene rings is 2. The van der Waals surface area contributed by atoms with E-state index in [1.165, 1.54) is 0 Å². The number of nitrogens with one attached hydrogen (secondary N) is 3. The van der Waals surface area contributed by atoms with Gasteiger partial charge < -0.3 is 30.7 Å². The molecule has 0 fully saturated rings. The fraction of sp³-hybridized carbons (Fsp3) is 0.500. The van der Waals surface area contributed by atoms with Crippen LogP contribution in [0.15, 0.2) is 42.5 Å². The van der Waals surface area contributed by atoms with E-state index in [0.717, 1.165) is 16.3 Å². The lowest BCUT2D eigenvalue weighted by atomic mass is 9.75. The van der Waals surface area contributed by atoms with Gasteiger partial charge in [0.05, 0.1) is 5.94 Å². The Morgan fingerprint density at radius 2 is 1.67 bits per heavy atom. The molecule has 0 bridgehead atoms. The van der Waals surface area contributed by atoms with Crippen LogP contribution in [0.25, 0.3) is 10.8 Å². The predicted molar refractivity (Wildman–Crippen MR) is 140 cm³/mol. The van der Waals surface area contributed by atoms with Gasteiger partial charge in [-0.25, -0.2) is 4.79 Å². The van der Waals surface area contributed by atoms with Crippen LogP contribution in [0.1, 0.15) is 59.4 Å². The number of ether oxygens (including phenoxy) is 1. The largest absolute Gasteiger partial charge is 0.475 e. The van der Waals surface area contributed by atoms with Gasteiger partial charge in [0.15, 0.2) is 0 Å². The Morgan fingerprint density at radius 1 is 1.00 bits per heavy atom. The van der Waals surface area contributed by atoms with Crippen LogP contribution in [0.2, 0.25) is 0 Å². The quantitative estimate of drug-likeness (QED) is 0.302. The van der Waals surface area contributed by atoms with Gasteiger partial charge in [-0.3, -0.25) is 9.59 Å². The molecule has 9 nitrogen and oxygen atoms in total. The van der Waals surface area contributed by atoms with Crippen LogP contribution >= 0.6 is 0 Å². The Hall–Kier alpha value is -3.11. The number of amides is 3. The zero-order valence-electron chi connectivity index (χ0n) is 21.7. The van der Waals surface area contributed by atoms with Crippen molar-refractivity contribution < 1.29 is 29.2 Å². The molecule has 196 valence electrons. The molecule has 0 spiro atoms. The van der Waals surface area contributed by atoms with Gasteiger partial charge in [0, 0.05) is 13.0 Å². The first-order valence-corrected chi connectivity index (χ1v) is 12.2. The standard InChI is InChI=1S/C26H38BN3O6/c1-17(2)14-22(27(34)35)30-23(31)13-12-21(29-25(33)36-26(3,4)5)24(32)28-16-18-10-11-19-8-6-7-9-20(19)15-18/h6-11,15,17,21-22,34-35H,12-14,16H2,1-5H3,(H,28,32)(H,29,33)(H,30,31)/t21-,22-/m0/s1. The summed E-state index contributed by atoms with van der Waals surface area (Å²) in [4.78, 5) is 37.8. The van der Waals surface area contributed by atoms with Crippen LogP contribution in [0.4, 0.5) is 4.79 Å². The first kappa shape index (κ1) is 29.1. The third kappa shape index (κ3) is 10.3. The maximum absolute atomic E-state index is 13.0. The number of carbonyl (C=O) groups is 3. The van der Waals surface area contributed by atoms with Gasteiger partial charge in [0.25, 0.3) is 0 Å². The summed E-state index contributed by atoms with van der Waals surface area (Å²) in [5, 5.41) is 29.2. The van der Waals surface area contributed by atoms with Crippen LogP contribution in [0.5, 0.6) is 0 Å². The second kappa shape index (κ2) is 13.3. The highest BCUT2D eigenvalue weighted by Gasteiger charge is 2.28. The molecule has 5 N–H and O–H groups in total. The number of hydrogen-bond acceptors (Lipinski definition) is 6. The molecule has 0 aromatic heterocycles. The molecule has 0 saturated heterocycles. The third-order valence-corrected chi connectivity index (χ3v) is 5.38. The van der Waals surface area contributed by atoms with Gasteiger partial charge in [-0.05, 0) is 61.9 Å². The highest BCUT2D eigenvalue weighted by molar-refractivity contribution is 6.43. The average Bonchev–Trinajstić information content (AvgIpc) is 2.78. The van der Waals surface area contributed by atoms with Gasteiger partial charge in [0.2, 0.25) is 11.8 Å². The number of fused-ring (bicyclic) bond motifs is 1. The molecule has 2 rings (SSSR count). The Kier molecular flexibility index (Phi) is 10.7. The van der Waals surface area contributed by atoms with Gasteiger partial charge >= 0.3 is 13.2 Å². The van der Waals surface area contributed by atoms with Crippen molar-refractivity contribution in [2.24, 2.45) is 5.92 Å². The number of carbonyl (C=O) groups excluding carboxylic acids is 3. The summed E-state index contributed by atoms with van der Waals surface area (Å²) >= 11 is 0. The summed E-state index contributed by atoms with van der Waals surface area (Å²) < 4.78 is 5.28. The van der Waals surface area contributed by atoms with Crippen molar-refractivity contribution in [2.45, 2.75) is 78.0 Å². The van der Waals surface area contributed by atoms with Gasteiger partial charge in [-0.15, -0.1) is 0 Å². The van der Waals surface area contributed by atoms with Crippen LogP contribution < -0.4 is 16.0 Å². The van der Waals surface area contributed by atoms with E-state index in [2.05, 4.69) is 16.0 Å². The molecule has 3 amide bonds. The Balaban J connectivity index is 2.03. The first-order valence-electron chi connectivity index (χ1n) is 12.2. The molecule has 2 atom stereocenters. The van der Waals surface area contributed by atoms with Crippen molar-refractivity contribution in [1.29, 1.82) is 0 Å². The van der Waals surface area contributed by atoms with Gasteiger partial charge in [0.1, 0.15) is 11.6 Å². The van der Waals surface area contributed by atoms with E-state index in [-0.39, 0.29) is 25.3 Å². The summed E-state index contributed by atoms with van der Waals surface area (Å²) in [6, 6.07) is 12.7. The zero-order chi connectivity index (χ0) is 26.9. The number of hydrogen-bond donors (Lipinski definition) is 5. The molecule has 36 heavy (non-hydrogen) atoms. The summed E-state index contributed by atoms with van der Waals surface area (Å²) in [6.07, 6.45) is -0.484. The molecule has 0 aliphatic heterocycles. The van der Waals surface area contributed by atoms with Crippen molar-refractivity contribution in [1.82, 2.24) is 16.0 Å². The highest BCUT2D eigenvalue weighted by Crippen LogP contribution is 2.16. The lowest BCUT2D eigenvalue weighted by Gasteiger charge is -2.24. The smallest absolute Gasteiger partial charge is 0.444 e. The minimum Gasteiger partial charge on any atom is -0.444 e. The van der Waals surface area contributed by atoms with E-state index in [9.17, 15) is 24.4 Å². The minimum atomic E-state index is -1.70. The van der Waals surface area contributed by atoms with Crippen molar-refractivity contribution in [3.05, 3.63) is 48.0 Å². The molecule has 2 aromatic carbocycles. The van der Waals surface area contributed by atoms with E-state index >= 15 is 0 Å². The van der Waals surface area contributed by atoms with Crippen LogP contribution in [0, 0.1) is 5.92 Å². The van der Waals surface area contributed by atoms with E-state index < -0.39 is 42.6 Å². The highest BCUT2D eigenvalue weighted by atomic mass is 16.6. The SMILES string of the molecule is CC(C)C[C@H](NC(=O)CC[C@H](NC(=O)OC(C)(C)C)C(=O)NCc1ccc2ccccc2c1)B(O)O. The number of alkyl carbamates (subject to hydrolysis) is 1. The molecule has 0 unspecified atom stereocenters. The summed E-state index contributed by atoms with van der Waals surface area (Å²) in [5.41, 5.74) is 0.138. The fourth-order valence-corrected chi connectivity index (χ4v) is 3.70. The third-order valence-electron chi connectivity index (χ3n) is 5.38. The lowest BCUT2D eigenvalue weighted by Crippen LogP contribution is -2.50. The van der Waals surface area contributed by atoms with Crippen LogP contribution in [0.3, 0.4) is 0 Å². The predicted octanol–water partition coefficient (Wildman–Crippen LogP) is 2.67. The van der Waals surface area contributed by atoms with Crippen molar-refractivity contribution in [3.8, 4) is 0 Å². The summed E-state index contributed by atoms with van der Waals surface area (Å²) in [6.45, 7) is 9.19. The van der Waals surface area contributed by atoms with E-state index in [1.54, 1.807) is 20.8 Å². The number of rotatable bonds is 11. The van der Waals surface area contributed by atoms with Crippen LogP contribution in [-0.4, -0.2) is 52.7 Å². The Morgan fingerprint density at radius 3 is 2.28 bits per heavy atom. The molecule has 10 heteroatoms. The molecule has 2 aromatic rings. The van der Waals surface area contributed by atoms with Crippen LogP contribution in [-0.2, 0) is 20.9 Å². The molecule has 0 saturated carbocycles. The fourth-order valence-electron chi connectivity index (χ4n) is 3.70. The molecule has 0 aliphatic carbocycles. The van der Waals surface area contributed by atoms with Crippen molar-refractivity contribution >= 4 is 35.8 Å². The molecule has 0 heterocycles. The normalized spacial score (nSPS) is 13.1. The maximum Gasteiger partial charge on any atom is 0.475 e. The minimum absolute atomic E-state index is 0.00452. The van der Waals surface area contributed by atoms with E-state index in [0.29, 0.717) is 6.42 Å². The Labute approximate surface area is 213 Å². The van der Waals surface area contributed by atoms with E-state index in [4.69, 9.17) is 4.74 Å². The second-order valence-electron chi connectivity index (χ2n) is 10.4.